The van der Waals surface area contributed by atoms with E-state index in [1.165, 1.54) is 4.90 Å². The molecule has 1 aromatic rings. The first-order valence-corrected chi connectivity index (χ1v) is 7.22. The van der Waals surface area contributed by atoms with Gasteiger partial charge in [0.15, 0.2) is 11.5 Å². The lowest BCUT2D eigenvalue weighted by Gasteiger charge is -2.20. The fourth-order valence-corrected chi connectivity index (χ4v) is 2.17. The summed E-state index contributed by atoms with van der Waals surface area (Å²) >= 11 is 0. The van der Waals surface area contributed by atoms with Crippen molar-refractivity contribution in [1.82, 2.24) is 4.90 Å². The third-order valence-electron chi connectivity index (χ3n) is 3.25. The van der Waals surface area contributed by atoms with Gasteiger partial charge in [0.25, 0.3) is 0 Å². The zero-order valence-corrected chi connectivity index (χ0v) is 13.3. The van der Waals surface area contributed by atoms with Gasteiger partial charge in [0, 0.05) is 13.0 Å². The second-order valence-corrected chi connectivity index (χ2v) is 4.90. The van der Waals surface area contributed by atoms with Crippen LogP contribution in [0.4, 0.5) is 0 Å². The van der Waals surface area contributed by atoms with Crippen LogP contribution >= 0.6 is 0 Å². The molecule has 0 saturated carbocycles. The van der Waals surface area contributed by atoms with Gasteiger partial charge in [-0.1, -0.05) is 13.0 Å². The first-order chi connectivity index (χ1) is 10.5. The second-order valence-electron chi connectivity index (χ2n) is 4.90. The van der Waals surface area contributed by atoms with Crippen LogP contribution in [0, 0.1) is 0 Å². The summed E-state index contributed by atoms with van der Waals surface area (Å²) in [6.07, 6.45) is 1.52. The fourth-order valence-electron chi connectivity index (χ4n) is 2.17. The lowest BCUT2D eigenvalue weighted by atomic mass is 10.1. The van der Waals surface area contributed by atoms with Crippen LogP contribution in [0.2, 0.25) is 0 Å². The molecule has 1 amide bonds. The molecule has 1 rings (SSSR count). The first-order valence-electron chi connectivity index (χ1n) is 7.22. The van der Waals surface area contributed by atoms with Crippen LogP contribution in [0.15, 0.2) is 18.2 Å². The molecule has 0 fully saturated rings. The third-order valence-corrected chi connectivity index (χ3v) is 3.25. The minimum Gasteiger partial charge on any atom is -0.493 e. The Morgan fingerprint density at radius 2 is 1.86 bits per heavy atom. The van der Waals surface area contributed by atoms with Crippen molar-refractivity contribution in [2.75, 3.05) is 27.3 Å². The van der Waals surface area contributed by atoms with E-state index in [0.717, 1.165) is 12.0 Å². The third kappa shape index (κ3) is 5.27. The standard InChI is InChI=1S/C16H23NO5/c1-4-9-17(11-16(19)20)15(18)8-6-12-5-7-13(21-2)14(10-12)22-3/h5,7,10H,4,6,8-9,11H2,1-3H3,(H,19,20). The van der Waals surface area contributed by atoms with Gasteiger partial charge in [-0.15, -0.1) is 0 Å². The van der Waals surface area contributed by atoms with Gasteiger partial charge in [0.2, 0.25) is 5.91 Å². The predicted octanol–water partition coefficient (Wildman–Crippen LogP) is 1.96. The molecule has 0 unspecified atom stereocenters. The molecule has 1 aromatic carbocycles. The number of hydrogen-bond acceptors (Lipinski definition) is 4. The Kier molecular flexibility index (Phi) is 7.22. The molecule has 0 heterocycles. The number of amides is 1. The van der Waals surface area contributed by atoms with Gasteiger partial charge in [-0.3, -0.25) is 9.59 Å². The van der Waals surface area contributed by atoms with E-state index >= 15 is 0 Å². The van der Waals surface area contributed by atoms with Crippen molar-refractivity contribution in [3.63, 3.8) is 0 Å². The Morgan fingerprint density at radius 1 is 1.18 bits per heavy atom. The minimum atomic E-state index is -0.993. The van der Waals surface area contributed by atoms with Crippen molar-refractivity contribution in [2.24, 2.45) is 0 Å². The van der Waals surface area contributed by atoms with Crippen LogP contribution in [0.5, 0.6) is 11.5 Å². The van der Waals surface area contributed by atoms with E-state index in [-0.39, 0.29) is 18.9 Å². The van der Waals surface area contributed by atoms with Crippen LogP contribution in [0.3, 0.4) is 0 Å². The van der Waals surface area contributed by atoms with Crippen molar-refractivity contribution in [2.45, 2.75) is 26.2 Å². The van der Waals surface area contributed by atoms with E-state index < -0.39 is 5.97 Å². The number of aliphatic carboxylic acids is 1. The lowest BCUT2D eigenvalue weighted by Crippen LogP contribution is -2.36. The summed E-state index contributed by atoms with van der Waals surface area (Å²) in [6, 6.07) is 5.49. The monoisotopic (exact) mass is 309 g/mol. The number of methoxy groups -OCH3 is 2. The maximum absolute atomic E-state index is 12.1. The molecule has 1 N–H and O–H groups in total. The molecule has 122 valence electrons. The van der Waals surface area contributed by atoms with Gasteiger partial charge in [0.1, 0.15) is 6.54 Å². The number of carboxylic acid groups (broad SMARTS) is 1. The van der Waals surface area contributed by atoms with Crippen molar-refractivity contribution in [3.05, 3.63) is 23.8 Å². The highest BCUT2D eigenvalue weighted by atomic mass is 16.5. The Bertz CT molecular complexity index is 515. The molecule has 0 spiro atoms. The van der Waals surface area contributed by atoms with Gasteiger partial charge in [-0.05, 0) is 30.5 Å². The van der Waals surface area contributed by atoms with Crippen LogP contribution in [0.25, 0.3) is 0 Å². The van der Waals surface area contributed by atoms with Crippen LogP contribution < -0.4 is 9.47 Å². The summed E-state index contributed by atoms with van der Waals surface area (Å²) in [5.74, 6) is 0.103. The van der Waals surface area contributed by atoms with Crippen molar-refractivity contribution < 1.29 is 24.2 Å². The first kappa shape index (κ1) is 17.8. The highest BCUT2D eigenvalue weighted by molar-refractivity contribution is 5.81. The number of carboxylic acids is 1. The molecule has 0 aromatic heterocycles. The smallest absolute Gasteiger partial charge is 0.323 e. The van der Waals surface area contributed by atoms with E-state index in [9.17, 15) is 9.59 Å². The average Bonchev–Trinajstić information content (AvgIpc) is 2.51. The normalized spacial score (nSPS) is 10.1. The van der Waals surface area contributed by atoms with Gasteiger partial charge in [-0.25, -0.2) is 0 Å². The van der Waals surface area contributed by atoms with Gasteiger partial charge >= 0.3 is 5.97 Å². The molecule has 0 aliphatic heterocycles. The fraction of sp³-hybridized carbons (Fsp3) is 0.500. The number of carbonyl (C=O) groups excluding carboxylic acids is 1. The van der Waals surface area contributed by atoms with E-state index in [4.69, 9.17) is 14.6 Å². The Morgan fingerprint density at radius 3 is 2.41 bits per heavy atom. The quantitative estimate of drug-likeness (QED) is 0.754. The molecular weight excluding hydrogens is 286 g/mol. The number of nitrogens with zero attached hydrogens (tertiary/aromatic N) is 1. The SMILES string of the molecule is CCCN(CC(=O)O)C(=O)CCc1ccc(OC)c(OC)c1. The van der Waals surface area contributed by atoms with Crippen molar-refractivity contribution in [1.29, 1.82) is 0 Å². The highest BCUT2D eigenvalue weighted by Gasteiger charge is 2.16. The van der Waals surface area contributed by atoms with Gasteiger partial charge in [-0.2, -0.15) is 0 Å². The van der Waals surface area contributed by atoms with Crippen LogP contribution in [-0.2, 0) is 16.0 Å². The average molecular weight is 309 g/mol. The molecule has 0 aliphatic rings. The largest absolute Gasteiger partial charge is 0.493 e. The summed E-state index contributed by atoms with van der Waals surface area (Å²) in [4.78, 5) is 24.3. The zero-order chi connectivity index (χ0) is 16.5. The molecule has 22 heavy (non-hydrogen) atoms. The maximum Gasteiger partial charge on any atom is 0.323 e. The Hall–Kier alpha value is -2.24. The molecule has 0 bridgehead atoms. The molecule has 6 heteroatoms. The molecule has 0 aliphatic carbocycles. The molecular formula is C16H23NO5. The molecule has 6 nitrogen and oxygen atoms in total. The summed E-state index contributed by atoms with van der Waals surface area (Å²) in [5, 5.41) is 8.85. The summed E-state index contributed by atoms with van der Waals surface area (Å²) in [6.45, 7) is 2.12. The van der Waals surface area contributed by atoms with Crippen LogP contribution in [0.1, 0.15) is 25.3 Å². The van der Waals surface area contributed by atoms with E-state index in [0.29, 0.717) is 24.5 Å². The minimum absolute atomic E-state index is 0.154. The van der Waals surface area contributed by atoms with E-state index in [1.807, 2.05) is 19.1 Å². The molecule has 0 atom stereocenters. The lowest BCUT2D eigenvalue weighted by molar-refractivity contribution is -0.144. The maximum atomic E-state index is 12.1. The summed E-state index contributed by atoms with van der Waals surface area (Å²) in [5.41, 5.74) is 0.942. The van der Waals surface area contributed by atoms with E-state index in [2.05, 4.69) is 0 Å². The highest BCUT2D eigenvalue weighted by Crippen LogP contribution is 2.28. The van der Waals surface area contributed by atoms with Gasteiger partial charge < -0.3 is 19.5 Å². The van der Waals surface area contributed by atoms with E-state index in [1.54, 1.807) is 20.3 Å². The van der Waals surface area contributed by atoms with Crippen molar-refractivity contribution in [3.8, 4) is 11.5 Å². The number of ether oxygens (including phenoxy) is 2. The number of aryl methyl sites for hydroxylation is 1. The van der Waals surface area contributed by atoms with Gasteiger partial charge in [0.05, 0.1) is 14.2 Å². The number of hydrogen-bond donors (Lipinski definition) is 1. The Balaban J connectivity index is 2.67. The zero-order valence-electron chi connectivity index (χ0n) is 13.3. The second kappa shape index (κ2) is 8.92. The predicted molar refractivity (Wildman–Crippen MR) is 82.4 cm³/mol. The topological polar surface area (TPSA) is 76.1 Å². The number of carbonyl (C=O) groups is 2. The number of rotatable bonds is 9. The summed E-state index contributed by atoms with van der Waals surface area (Å²) in [7, 11) is 3.12. The van der Waals surface area contributed by atoms with Crippen LogP contribution in [-0.4, -0.2) is 49.2 Å². The molecule has 0 saturated heterocycles. The van der Waals surface area contributed by atoms with Crippen molar-refractivity contribution >= 4 is 11.9 Å². The summed E-state index contributed by atoms with van der Waals surface area (Å²) < 4.78 is 10.4. The molecule has 0 radical (unpaired) electrons. The Labute approximate surface area is 130 Å². The number of benzene rings is 1.